The molecule has 0 N–H and O–H groups in total. The number of ether oxygens (including phenoxy) is 1. The van der Waals surface area contributed by atoms with Gasteiger partial charge in [0.25, 0.3) is 0 Å². The van der Waals surface area contributed by atoms with Gasteiger partial charge < -0.3 is 9.64 Å². The van der Waals surface area contributed by atoms with E-state index in [2.05, 4.69) is 35.9 Å². The summed E-state index contributed by atoms with van der Waals surface area (Å²) in [6.07, 6.45) is 1.98. The molecule has 15 heavy (non-hydrogen) atoms. The van der Waals surface area contributed by atoms with E-state index < -0.39 is 0 Å². The Morgan fingerprint density at radius 1 is 1.27 bits per heavy atom. The Morgan fingerprint density at radius 3 is 2.53 bits per heavy atom. The van der Waals surface area contributed by atoms with Crippen molar-refractivity contribution in [1.29, 1.82) is 0 Å². The van der Waals surface area contributed by atoms with Gasteiger partial charge in [0.1, 0.15) is 5.82 Å². The first kappa shape index (κ1) is 10.4. The lowest BCUT2D eigenvalue weighted by atomic mass is 10.1. The number of anilines is 1. The van der Waals surface area contributed by atoms with Crippen molar-refractivity contribution in [3.05, 3.63) is 23.9 Å². The molecule has 2 rings (SSSR count). The summed E-state index contributed by atoms with van der Waals surface area (Å²) in [5.41, 5.74) is 1.30. The van der Waals surface area contributed by atoms with Crippen LogP contribution in [0.2, 0.25) is 0 Å². The molecule has 1 aliphatic rings. The molecular weight excluding hydrogens is 188 g/mol. The Morgan fingerprint density at radius 2 is 2.00 bits per heavy atom. The van der Waals surface area contributed by atoms with E-state index in [1.165, 1.54) is 5.56 Å². The molecule has 0 unspecified atom stereocenters. The Hall–Kier alpha value is -1.09. The normalized spacial score (nSPS) is 17.1. The second-order valence-corrected chi connectivity index (χ2v) is 4.20. The van der Waals surface area contributed by atoms with Crippen LogP contribution in [-0.2, 0) is 4.74 Å². The fourth-order valence-corrected chi connectivity index (χ4v) is 1.72. The highest BCUT2D eigenvalue weighted by Gasteiger charge is 2.12. The minimum absolute atomic E-state index is 0.552. The summed E-state index contributed by atoms with van der Waals surface area (Å²) in [5, 5.41) is 0. The monoisotopic (exact) mass is 206 g/mol. The van der Waals surface area contributed by atoms with Gasteiger partial charge in [0.15, 0.2) is 0 Å². The first-order chi connectivity index (χ1) is 7.27. The van der Waals surface area contributed by atoms with Crippen LogP contribution < -0.4 is 4.90 Å². The van der Waals surface area contributed by atoms with E-state index in [4.69, 9.17) is 4.74 Å². The van der Waals surface area contributed by atoms with Gasteiger partial charge in [-0.1, -0.05) is 19.9 Å². The van der Waals surface area contributed by atoms with Crippen LogP contribution in [0.25, 0.3) is 0 Å². The molecule has 1 aromatic heterocycles. The standard InChI is InChI=1S/C12H18N2O/c1-10(2)11-3-4-12(13-9-11)14-5-7-15-8-6-14/h3-4,9-10H,5-8H2,1-2H3. The van der Waals surface area contributed by atoms with Crippen LogP contribution in [0.1, 0.15) is 25.3 Å². The second kappa shape index (κ2) is 4.62. The molecule has 3 nitrogen and oxygen atoms in total. The van der Waals surface area contributed by atoms with Crippen molar-refractivity contribution in [1.82, 2.24) is 4.98 Å². The minimum Gasteiger partial charge on any atom is -0.378 e. The Kier molecular flexibility index (Phi) is 3.21. The van der Waals surface area contributed by atoms with Crippen LogP contribution >= 0.6 is 0 Å². The molecule has 1 fully saturated rings. The van der Waals surface area contributed by atoms with E-state index in [-0.39, 0.29) is 0 Å². The third-order valence-electron chi connectivity index (χ3n) is 2.77. The lowest BCUT2D eigenvalue weighted by Crippen LogP contribution is -2.36. The number of aromatic nitrogens is 1. The number of hydrogen-bond donors (Lipinski definition) is 0. The number of hydrogen-bond acceptors (Lipinski definition) is 3. The maximum atomic E-state index is 5.31. The molecular formula is C12H18N2O. The van der Waals surface area contributed by atoms with Gasteiger partial charge in [0.05, 0.1) is 13.2 Å². The highest BCUT2D eigenvalue weighted by molar-refractivity contribution is 5.40. The van der Waals surface area contributed by atoms with Gasteiger partial charge in [-0.25, -0.2) is 4.98 Å². The summed E-state index contributed by atoms with van der Waals surface area (Å²) < 4.78 is 5.31. The van der Waals surface area contributed by atoms with Crippen LogP contribution in [0.15, 0.2) is 18.3 Å². The number of rotatable bonds is 2. The molecule has 0 saturated carbocycles. The fraction of sp³-hybridized carbons (Fsp3) is 0.583. The van der Waals surface area contributed by atoms with E-state index in [0.717, 1.165) is 32.1 Å². The predicted molar refractivity (Wildman–Crippen MR) is 61.4 cm³/mol. The number of morpholine rings is 1. The first-order valence-electron chi connectivity index (χ1n) is 5.56. The molecule has 0 bridgehead atoms. The Labute approximate surface area is 91.1 Å². The maximum absolute atomic E-state index is 5.31. The van der Waals surface area contributed by atoms with Crippen LogP contribution in [0.5, 0.6) is 0 Å². The van der Waals surface area contributed by atoms with Gasteiger partial charge in [0.2, 0.25) is 0 Å². The molecule has 3 heteroatoms. The summed E-state index contributed by atoms with van der Waals surface area (Å²) in [7, 11) is 0. The summed E-state index contributed by atoms with van der Waals surface area (Å²) >= 11 is 0. The van der Waals surface area contributed by atoms with Gasteiger partial charge in [-0.3, -0.25) is 0 Å². The summed E-state index contributed by atoms with van der Waals surface area (Å²) in [5.74, 6) is 1.62. The van der Waals surface area contributed by atoms with Crippen molar-refractivity contribution >= 4 is 5.82 Å². The zero-order valence-corrected chi connectivity index (χ0v) is 9.44. The van der Waals surface area contributed by atoms with Crippen LogP contribution in [0.4, 0.5) is 5.82 Å². The quantitative estimate of drug-likeness (QED) is 0.740. The summed E-state index contributed by atoms with van der Waals surface area (Å²) in [6, 6.07) is 4.28. The highest BCUT2D eigenvalue weighted by atomic mass is 16.5. The molecule has 0 amide bonds. The molecule has 0 aliphatic carbocycles. The van der Waals surface area contributed by atoms with Crippen LogP contribution in [0.3, 0.4) is 0 Å². The molecule has 0 atom stereocenters. The van der Waals surface area contributed by atoms with E-state index in [0.29, 0.717) is 5.92 Å². The van der Waals surface area contributed by atoms with Crippen molar-refractivity contribution in [3.8, 4) is 0 Å². The maximum Gasteiger partial charge on any atom is 0.128 e. The van der Waals surface area contributed by atoms with Crippen molar-refractivity contribution in [2.24, 2.45) is 0 Å². The summed E-state index contributed by atoms with van der Waals surface area (Å²) in [6.45, 7) is 7.90. The minimum atomic E-state index is 0.552. The topological polar surface area (TPSA) is 25.4 Å². The average molecular weight is 206 g/mol. The second-order valence-electron chi connectivity index (χ2n) is 4.20. The van der Waals surface area contributed by atoms with Crippen molar-refractivity contribution < 1.29 is 4.74 Å². The number of pyridine rings is 1. The lowest BCUT2D eigenvalue weighted by molar-refractivity contribution is 0.122. The first-order valence-corrected chi connectivity index (χ1v) is 5.56. The smallest absolute Gasteiger partial charge is 0.128 e. The molecule has 0 spiro atoms. The average Bonchev–Trinajstić information content (AvgIpc) is 2.30. The molecule has 2 heterocycles. The highest BCUT2D eigenvalue weighted by Crippen LogP contribution is 2.17. The largest absolute Gasteiger partial charge is 0.378 e. The van der Waals surface area contributed by atoms with E-state index in [9.17, 15) is 0 Å². The molecule has 82 valence electrons. The van der Waals surface area contributed by atoms with E-state index in [1.807, 2.05) is 6.20 Å². The summed E-state index contributed by atoms with van der Waals surface area (Å²) in [4.78, 5) is 6.77. The lowest BCUT2D eigenvalue weighted by Gasteiger charge is -2.27. The van der Waals surface area contributed by atoms with Gasteiger partial charge in [0, 0.05) is 19.3 Å². The van der Waals surface area contributed by atoms with Crippen molar-refractivity contribution in [3.63, 3.8) is 0 Å². The third kappa shape index (κ3) is 2.48. The third-order valence-corrected chi connectivity index (χ3v) is 2.77. The molecule has 0 aromatic carbocycles. The van der Waals surface area contributed by atoms with Gasteiger partial charge in [-0.2, -0.15) is 0 Å². The van der Waals surface area contributed by atoms with Crippen molar-refractivity contribution in [2.75, 3.05) is 31.2 Å². The van der Waals surface area contributed by atoms with E-state index >= 15 is 0 Å². The predicted octanol–water partition coefficient (Wildman–Crippen LogP) is 2.04. The Balaban J connectivity index is 2.08. The van der Waals surface area contributed by atoms with Gasteiger partial charge in [-0.05, 0) is 17.5 Å². The molecule has 1 aliphatic heterocycles. The molecule has 1 saturated heterocycles. The SMILES string of the molecule is CC(C)c1ccc(N2CCOCC2)nc1. The van der Waals surface area contributed by atoms with E-state index in [1.54, 1.807) is 0 Å². The number of nitrogens with zero attached hydrogens (tertiary/aromatic N) is 2. The molecule has 1 aromatic rings. The van der Waals surface area contributed by atoms with Gasteiger partial charge >= 0.3 is 0 Å². The zero-order valence-electron chi connectivity index (χ0n) is 9.44. The fourth-order valence-electron chi connectivity index (χ4n) is 1.72. The Bertz CT molecular complexity index is 302. The van der Waals surface area contributed by atoms with Crippen molar-refractivity contribution in [2.45, 2.75) is 19.8 Å². The zero-order chi connectivity index (χ0) is 10.7. The van der Waals surface area contributed by atoms with Crippen LogP contribution in [-0.4, -0.2) is 31.3 Å². The van der Waals surface area contributed by atoms with Gasteiger partial charge in [-0.15, -0.1) is 0 Å². The molecule has 0 radical (unpaired) electrons. The van der Waals surface area contributed by atoms with Crippen LogP contribution in [0, 0.1) is 0 Å².